The third kappa shape index (κ3) is 3.65. The first kappa shape index (κ1) is 13.7. The zero-order chi connectivity index (χ0) is 13.0. The lowest BCUT2D eigenvalue weighted by Crippen LogP contribution is -2.18. The molecule has 1 fully saturated rings. The Hall–Kier alpha value is -0.690. The maximum Gasteiger partial charge on any atom is 0.0640 e. The van der Waals surface area contributed by atoms with Gasteiger partial charge in [-0.3, -0.25) is 0 Å². The molecule has 0 heterocycles. The number of hydrogen-bond acceptors (Lipinski definition) is 1. The highest BCUT2D eigenvalue weighted by molar-refractivity contribution is 6.33. The van der Waals surface area contributed by atoms with Crippen molar-refractivity contribution in [3.63, 3.8) is 0 Å². The van der Waals surface area contributed by atoms with Crippen LogP contribution in [0.4, 0.5) is 5.69 Å². The van der Waals surface area contributed by atoms with E-state index in [1.807, 2.05) is 6.07 Å². The molecule has 0 amide bonds. The highest BCUT2D eigenvalue weighted by atomic mass is 35.5. The highest BCUT2D eigenvalue weighted by Crippen LogP contribution is 2.29. The Bertz CT molecular complexity index is 389. The molecule has 2 unspecified atom stereocenters. The number of aryl methyl sites for hydroxylation is 1. The van der Waals surface area contributed by atoms with E-state index in [-0.39, 0.29) is 0 Å². The monoisotopic (exact) mass is 265 g/mol. The van der Waals surface area contributed by atoms with Crippen molar-refractivity contribution in [2.24, 2.45) is 5.92 Å². The average molecular weight is 266 g/mol. The highest BCUT2D eigenvalue weighted by Gasteiger charge is 2.18. The Morgan fingerprint density at radius 1 is 1.22 bits per heavy atom. The molecule has 0 radical (unpaired) electrons. The molecule has 100 valence electrons. The summed E-state index contributed by atoms with van der Waals surface area (Å²) >= 11 is 6.28. The van der Waals surface area contributed by atoms with E-state index in [0.717, 1.165) is 16.6 Å². The van der Waals surface area contributed by atoms with Crippen LogP contribution in [0.2, 0.25) is 5.02 Å². The molecule has 18 heavy (non-hydrogen) atoms. The maximum absolute atomic E-state index is 6.28. The molecule has 2 rings (SSSR count). The zero-order valence-corrected chi connectivity index (χ0v) is 12.3. The van der Waals surface area contributed by atoms with Gasteiger partial charge in [-0.25, -0.2) is 0 Å². The predicted molar refractivity (Wildman–Crippen MR) is 80.5 cm³/mol. The van der Waals surface area contributed by atoms with Crippen molar-refractivity contribution in [1.29, 1.82) is 0 Å². The fourth-order valence-corrected chi connectivity index (χ4v) is 3.18. The van der Waals surface area contributed by atoms with E-state index >= 15 is 0 Å². The summed E-state index contributed by atoms with van der Waals surface area (Å²) in [5, 5.41) is 4.48. The molecule has 1 aliphatic carbocycles. The molecule has 0 bridgehead atoms. The van der Waals surface area contributed by atoms with Gasteiger partial charge >= 0.3 is 0 Å². The van der Waals surface area contributed by atoms with Crippen molar-refractivity contribution >= 4 is 17.3 Å². The van der Waals surface area contributed by atoms with Gasteiger partial charge in [0.25, 0.3) is 0 Å². The summed E-state index contributed by atoms with van der Waals surface area (Å²) in [5.41, 5.74) is 2.32. The lowest BCUT2D eigenvalue weighted by atomic mass is 9.98. The topological polar surface area (TPSA) is 12.0 Å². The molecular formula is C16H24ClN. The van der Waals surface area contributed by atoms with Crippen LogP contribution in [-0.4, -0.2) is 6.04 Å². The first-order valence-corrected chi connectivity index (χ1v) is 7.59. The van der Waals surface area contributed by atoms with E-state index in [1.165, 1.54) is 44.1 Å². The van der Waals surface area contributed by atoms with E-state index in [1.54, 1.807) is 0 Å². The molecule has 1 N–H and O–H groups in total. The van der Waals surface area contributed by atoms with Gasteiger partial charge in [0, 0.05) is 6.04 Å². The fourth-order valence-electron chi connectivity index (χ4n) is 2.89. The standard InChI is InChI=1S/C16H24ClN/c1-3-13-5-4-6-14(9-8-13)18-16-10-7-12(2)11-15(16)17/h7,10-11,13-14,18H,3-6,8-9H2,1-2H3. The van der Waals surface area contributed by atoms with Gasteiger partial charge in [0.2, 0.25) is 0 Å². The van der Waals surface area contributed by atoms with Gasteiger partial charge < -0.3 is 5.32 Å². The third-order valence-corrected chi connectivity index (χ3v) is 4.46. The Morgan fingerprint density at radius 2 is 2.06 bits per heavy atom. The molecule has 1 aromatic rings. The van der Waals surface area contributed by atoms with Gasteiger partial charge in [-0.1, -0.05) is 43.9 Å². The molecule has 0 saturated heterocycles. The predicted octanol–water partition coefficient (Wildman–Crippen LogP) is 5.42. The van der Waals surface area contributed by atoms with Gasteiger partial charge in [0.1, 0.15) is 0 Å². The van der Waals surface area contributed by atoms with Crippen molar-refractivity contribution in [3.8, 4) is 0 Å². The number of rotatable bonds is 3. The zero-order valence-electron chi connectivity index (χ0n) is 11.5. The van der Waals surface area contributed by atoms with Gasteiger partial charge in [-0.15, -0.1) is 0 Å². The van der Waals surface area contributed by atoms with E-state index in [9.17, 15) is 0 Å². The van der Waals surface area contributed by atoms with E-state index in [2.05, 4.69) is 31.3 Å². The molecular weight excluding hydrogens is 242 g/mol. The van der Waals surface area contributed by atoms with Crippen molar-refractivity contribution in [3.05, 3.63) is 28.8 Å². The number of nitrogens with one attached hydrogen (secondary N) is 1. The van der Waals surface area contributed by atoms with Crippen LogP contribution in [0, 0.1) is 12.8 Å². The molecule has 2 heteroatoms. The minimum absolute atomic E-state index is 0.599. The summed E-state index contributed by atoms with van der Waals surface area (Å²) < 4.78 is 0. The smallest absolute Gasteiger partial charge is 0.0640 e. The van der Waals surface area contributed by atoms with Crippen LogP contribution < -0.4 is 5.32 Å². The molecule has 0 spiro atoms. The summed E-state index contributed by atoms with van der Waals surface area (Å²) in [5.74, 6) is 0.935. The normalized spacial score (nSPS) is 24.6. The van der Waals surface area contributed by atoms with E-state index in [4.69, 9.17) is 11.6 Å². The molecule has 1 saturated carbocycles. The van der Waals surface area contributed by atoms with Crippen LogP contribution in [0.25, 0.3) is 0 Å². The van der Waals surface area contributed by atoms with Gasteiger partial charge in [-0.05, 0) is 49.8 Å². The van der Waals surface area contributed by atoms with Crippen molar-refractivity contribution in [2.45, 2.75) is 58.4 Å². The van der Waals surface area contributed by atoms with Crippen molar-refractivity contribution in [2.75, 3.05) is 5.32 Å². The van der Waals surface area contributed by atoms with E-state index < -0.39 is 0 Å². The minimum Gasteiger partial charge on any atom is -0.381 e. The van der Waals surface area contributed by atoms with Crippen LogP contribution in [0.15, 0.2) is 18.2 Å². The minimum atomic E-state index is 0.599. The lowest BCUT2D eigenvalue weighted by Gasteiger charge is -2.19. The second kappa shape index (κ2) is 6.47. The van der Waals surface area contributed by atoms with Crippen LogP contribution in [0.3, 0.4) is 0 Å². The Kier molecular flexibility index (Phi) is 4.94. The summed E-state index contributed by atoms with van der Waals surface area (Å²) in [6.45, 7) is 4.39. The van der Waals surface area contributed by atoms with Gasteiger partial charge in [0.05, 0.1) is 10.7 Å². The summed E-state index contributed by atoms with van der Waals surface area (Å²) in [4.78, 5) is 0. The number of benzene rings is 1. The van der Waals surface area contributed by atoms with Crippen molar-refractivity contribution in [1.82, 2.24) is 0 Å². The number of hydrogen-bond donors (Lipinski definition) is 1. The lowest BCUT2D eigenvalue weighted by molar-refractivity contribution is 0.444. The van der Waals surface area contributed by atoms with Crippen LogP contribution >= 0.6 is 11.6 Å². The van der Waals surface area contributed by atoms with Crippen molar-refractivity contribution < 1.29 is 0 Å². The Morgan fingerprint density at radius 3 is 2.78 bits per heavy atom. The first-order valence-electron chi connectivity index (χ1n) is 7.21. The van der Waals surface area contributed by atoms with Gasteiger partial charge in [-0.2, -0.15) is 0 Å². The second-order valence-corrected chi connectivity index (χ2v) is 6.01. The van der Waals surface area contributed by atoms with Crippen LogP contribution in [0.5, 0.6) is 0 Å². The molecule has 2 atom stereocenters. The van der Waals surface area contributed by atoms with Crippen LogP contribution in [0.1, 0.15) is 51.0 Å². The quantitative estimate of drug-likeness (QED) is 0.720. The first-order chi connectivity index (χ1) is 8.69. The number of anilines is 1. The average Bonchev–Trinajstić information content (AvgIpc) is 2.58. The molecule has 0 aromatic heterocycles. The fraction of sp³-hybridized carbons (Fsp3) is 0.625. The Labute approximate surface area is 116 Å². The summed E-state index contributed by atoms with van der Waals surface area (Å²) in [6, 6.07) is 6.87. The summed E-state index contributed by atoms with van der Waals surface area (Å²) in [6.07, 6.45) is 8.00. The number of halogens is 1. The second-order valence-electron chi connectivity index (χ2n) is 5.61. The SMILES string of the molecule is CCC1CCCC(Nc2ccc(C)cc2Cl)CC1. The molecule has 0 aliphatic heterocycles. The van der Waals surface area contributed by atoms with E-state index in [0.29, 0.717) is 6.04 Å². The maximum atomic E-state index is 6.28. The Balaban J connectivity index is 1.96. The largest absolute Gasteiger partial charge is 0.381 e. The van der Waals surface area contributed by atoms with Gasteiger partial charge in [0.15, 0.2) is 0 Å². The molecule has 1 nitrogen and oxygen atoms in total. The third-order valence-electron chi connectivity index (χ3n) is 4.15. The molecule has 1 aromatic carbocycles. The molecule has 1 aliphatic rings. The summed E-state index contributed by atoms with van der Waals surface area (Å²) in [7, 11) is 0. The van der Waals surface area contributed by atoms with Crippen LogP contribution in [-0.2, 0) is 0 Å².